The second-order valence-electron chi connectivity index (χ2n) is 25.4. The molecule has 0 radical (unpaired) electrons. The lowest BCUT2D eigenvalue weighted by Crippen LogP contribution is -2.38. The van der Waals surface area contributed by atoms with E-state index in [0.717, 1.165) is 45.1 Å². The lowest BCUT2D eigenvalue weighted by molar-refractivity contribution is 0.479. The quantitative estimate of drug-likeness (QED) is 0.159. The zero-order valence-corrected chi connectivity index (χ0v) is 47.6. The summed E-state index contributed by atoms with van der Waals surface area (Å²) in [5, 5.41) is 2.34. The largest absolute Gasteiger partial charge is 0.457 e. The van der Waals surface area contributed by atoms with E-state index in [9.17, 15) is 0 Å². The zero-order valence-electron chi connectivity index (χ0n) is 47.6. The average Bonchev–Trinajstić information content (AvgIpc) is 4.16. The molecule has 0 saturated carbocycles. The summed E-state index contributed by atoms with van der Waals surface area (Å²) in [5.41, 5.74) is 22.2. The Kier molecular flexibility index (Phi) is 11.0. The van der Waals surface area contributed by atoms with Crippen LogP contribution in [-0.2, 0) is 21.7 Å². The van der Waals surface area contributed by atoms with Crippen LogP contribution in [0.25, 0.3) is 49.9 Å². The minimum atomic E-state index is -0.342. The Labute approximate surface area is 471 Å². The van der Waals surface area contributed by atoms with Crippen LogP contribution in [0.1, 0.15) is 103 Å². The number of rotatable bonds is 7. The molecule has 0 N–H and O–H groups in total. The predicted molar refractivity (Wildman–Crippen MR) is 334 cm³/mol. The molecule has 0 unspecified atom stereocenters. The predicted octanol–water partition coefficient (Wildman–Crippen LogP) is 19.9. The molecule has 0 fully saturated rings. The van der Waals surface area contributed by atoms with Gasteiger partial charge >= 0.3 is 0 Å². The first kappa shape index (κ1) is 49.4. The highest BCUT2D eigenvalue weighted by molar-refractivity contribution is 6.09. The fourth-order valence-electron chi connectivity index (χ4n) is 13.0. The van der Waals surface area contributed by atoms with Crippen molar-refractivity contribution in [2.45, 2.75) is 90.9 Å². The van der Waals surface area contributed by atoms with Gasteiger partial charge in [-0.1, -0.05) is 172 Å². The Hall–Kier alpha value is -8.87. The number of para-hydroxylation sites is 3. The molecule has 80 heavy (non-hydrogen) atoms. The summed E-state index contributed by atoms with van der Waals surface area (Å²) in [5.74, 6) is 2.46. The Bertz CT molecular complexity index is 4160. The van der Waals surface area contributed by atoms with Crippen LogP contribution in [0.5, 0.6) is 11.5 Å². The number of pyridine rings is 1. The van der Waals surface area contributed by atoms with E-state index in [1.54, 1.807) is 0 Å². The van der Waals surface area contributed by atoms with Crippen LogP contribution in [0.2, 0.25) is 0 Å². The minimum absolute atomic E-state index is 0.0268. The second kappa shape index (κ2) is 17.8. The van der Waals surface area contributed by atoms with Gasteiger partial charge in [-0.15, -0.1) is 0 Å². The maximum Gasteiger partial charge on any atom is 0.137 e. The Morgan fingerprint density at radius 3 is 1.54 bits per heavy atom. The van der Waals surface area contributed by atoms with Crippen molar-refractivity contribution in [3.8, 4) is 39.6 Å². The number of hydrogen-bond donors (Lipinski definition) is 0. The number of fused-ring (bicyclic) bond motifs is 8. The molecule has 14 rings (SSSR count). The van der Waals surface area contributed by atoms with Gasteiger partial charge in [0.25, 0.3) is 0 Å². The van der Waals surface area contributed by atoms with E-state index in [1.807, 2.05) is 6.20 Å². The Balaban J connectivity index is 0.892. The van der Waals surface area contributed by atoms with Gasteiger partial charge in [-0.2, -0.15) is 0 Å². The Morgan fingerprint density at radius 1 is 0.412 bits per heavy atom. The van der Waals surface area contributed by atoms with Gasteiger partial charge in [-0.05, 0) is 157 Å². The minimum Gasteiger partial charge on any atom is -0.457 e. The zero-order chi connectivity index (χ0) is 55.0. The molecular formula is C74H67N5O. The van der Waals surface area contributed by atoms with E-state index in [1.165, 1.54) is 89.5 Å². The molecule has 0 amide bonds. The monoisotopic (exact) mass is 1040 g/mol. The van der Waals surface area contributed by atoms with Gasteiger partial charge in [-0.25, -0.2) is 4.98 Å². The summed E-state index contributed by atoms with van der Waals surface area (Å²) in [7, 11) is 0. The third-order valence-electron chi connectivity index (χ3n) is 17.5. The highest BCUT2D eigenvalue weighted by atomic mass is 16.5. The van der Waals surface area contributed by atoms with Crippen LogP contribution in [0.3, 0.4) is 0 Å². The third kappa shape index (κ3) is 7.85. The van der Waals surface area contributed by atoms with Gasteiger partial charge in [0.15, 0.2) is 0 Å². The van der Waals surface area contributed by atoms with Crippen molar-refractivity contribution in [3.05, 3.63) is 246 Å². The molecule has 0 atom stereocenters. The summed E-state index contributed by atoms with van der Waals surface area (Å²) in [6.07, 6.45) is 1.94. The van der Waals surface area contributed by atoms with E-state index >= 15 is 0 Å². The topological polar surface area (TPSA) is 36.8 Å². The van der Waals surface area contributed by atoms with Crippen molar-refractivity contribution in [1.82, 2.24) is 9.55 Å². The summed E-state index contributed by atoms with van der Waals surface area (Å²) >= 11 is 0. The first-order valence-corrected chi connectivity index (χ1v) is 28.3. The molecule has 2 aromatic heterocycles. The summed E-state index contributed by atoms with van der Waals surface area (Å²) in [6.45, 7) is 24.0. The van der Waals surface area contributed by atoms with Crippen LogP contribution in [0.15, 0.2) is 212 Å². The van der Waals surface area contributed by atoms with E-state index in [2.05, 4.69) is 295 Å². The molecule has 0 saturated heterocycles. The fraction of sp³-hybridized carbons (Fsp3) is 0.203. The molecule has 11 aromatic rings. The maximum absolute atomic E-state index is 7.09. The van der Waals surface area contributed by atoms with Crippen LogP contribution >= 0.6 is 0 Å². The second-order valence-corrected chi connectivity index (χ2v) is 25.4. The van der Waals surface area contributed by atoms with E-state index < -0.39 is 0 Å². The Morgan fingerprint density at radius 2 is 0.950 bits per heavy atom. The number of ether oxygens (including phenoxy) is 1. The van der Waals surface area contributed by atoms with E-state index in [0.29, 0.717) is 6.67 Å². The van der Waals surface area contributed by atoms with E-state index in [4.69, 9.17) is 9.72 Å². The van der Waals surface area contributed by atoms with Crippen LogP contribution in [0, 0.1) is 0 Å². The van der Waals surface area contributed by atoms with Crippen LogP contribution < -0.4 is 19.4 Å². The van der Waals surface area contributed by atoms with Crippen molar-refractivity contribution >= 4 is 61.6 Å². The molecule has 0 aliphatic carbocycles. The van der Waals surface area contributed by atoms with Gasteiger partial charge in [0.1, 0.15) is 24.0 Å². The van der Waals surface area contributed by atoms with Gasteiger partial charge < -0.3 is 19.4 Å². The molecule has 9 aromatic carbocycles. The van der Waals surface area contributed by atoms with E-state index in [-0.39, 0.29) is 21.7 Å². The van der Waals surface area contributed by atoms with Crippen LogP contribution in [0.4, 0.5) is 39.8 Å². The van der Waals surface area contributed by atoms with Crippen molar-refractivity contribution < 1.29 is 4.74 Å². The van der Waals surface area contributed by atoms with Gasteiger partial charge in [0.05, 0.1) is 39.5 Å². The normalized spacial score (nSPS) is 14.9. The summed E-state index contributed by atoms with van der Waals surface area (Å²) in [6, 6.07) is 76.1. The van der Waals surface area contributed by atoms with Crippen molar-refractivity contribution in [2.75, 3.05) is 21.4 Å². The fourth-order valence-corrected chi connectivity index (χ4v) is 13.0. The molecule has 3 aliphatic heterocycles. The van der Waals surface area contributed by atoms with Gasteiger partial charge in [0, 0.05) is 51.3 Å². The molecule has 0 spiro atoms. The third-order valence-corrected chi connectivity index (χ3v) is 17.5. The molecule has 5 heterocycles. The molecular weight excluding hydrogens is 975 g/mol. The highest BCUT2D eigenvalue weighted by Gasteiger charge is 2.47. The standard InChI is InChI=1S/C74H67N5O/c1-71(2,3)51-35-36-75-69(41-51)78-63-26-18-17-25-57(63)58-32-31-55(45-68(58)78)80-56-40-52(72(4,5)6)39-53(42-56)76-46-77(67-28-20-19-27-66(67)76)54-43-61-70-62(44-54)74(9,10)60-38-50(48-23-15-12-16-24-48)30-34-65(60)79(70)64-33-29-49(37-59(64)73(61,7)8)47-21-13-11-14-22-47/h11-45H,46H2,1-10H3. The number of benzene rings is 9. The summed E-state index contributed by atoms with van der Waals surface area (Å²) < 4.78 is 9.38. The van der Waals surface area contributed by atoms with Crippen molar-refractivity contribution in [1.29, 1.82) is 0 Å². The highest BCUT2D eigenvalue weighted by Crippen LogP contribution is 2.62. The maximum atomic E-state index is 7.09. The van der Waals surface area contributed by atoms with Crippen molar-refractivity contribution in [2.24, 2.45) is 0 Å². The molecule has 3 aliphatic rings. The smallest absolute Gasteiger partial charge is 0.137 e. The molecule has 6 heteroatoms. The summed E-state index contributed by atoms with van der Waals surface area (Å²) in [4.78, 5) is 12.6. The first-order chi connectivity index (χ1) is 38.4. The molecule has 394 valence electrons. The SMILES string of the molecule is CC(C)(C)c1cc(Oc2ccc3c4ccccc4n(-c4cc(C(C)(C)C)ccn4)c3c2)cc(N2CN(c3cc4c5c(c3)C(C)(C)c3cc(-c6ccccc6)ccc3N5c3ccc(-c5ccccc5)cc3C4(C)C)c3ccccc32)c1. The molecule has 0 bridgehead atoms. The number of hydrogen-bond acceptors (Lipinski definition) is 5. The van der Waals surface area contributed by atoms with Gasteiger partial charge in [-0.3, -0.25) is 4.57 Å². The average molecular weight is 1040 g/mol. The number of aromatic nitrogens is 2. The lowest BCUT2D eigenvalue weighted by Gasteiger charge is -2.50. The number of anilines is 7. The number of nitrogens with zero attached hydrogens (tertiary/aromatic N) is 5. The van der Waals surface area contributed by atoms with Crippen molar-refractivity contribution in [3.63, 3.8) is 0 Å². The first-order valence-electron chi connectivity index (χ1n) is 28.3. The lowest BCUT2D eigenvalue weighted by atomic mass is 9.65. The van der Waals surface area contributed by atoms with Crippen LogP contribution in [-0.4, -0.2) is 16.2 Å². The molecule has 6 nitrogen and oxygen atoms in total. The van der Waals surface area contributed by atoms with Gasteiger partial charge in [0.2, 0.25) is 0 Å².